The molecule has 1 fully saturated rings. The molecule has 11 heavy (non-hydrogen) atoms. The molecule has 0 heterocycles. The zero-order chi connectivity index (χ0) is 8.27. The van der Waals surface area contributed by atoms with Crippen LogP contribution in [0, 0.1) is 23.2 Å². The molecule has 0 saturated heterocycles. The second-order valence-electron chi connectivity index (χ2n) is 3.08. The molecule has 60 valence electrons. The third kappa shape index (κ3) is 1.94. The standard InChI is InChI=1S/C8H12N2O/c9-5-6-1-3-7(4-2-6)8(10)11/h6-7H,1-4H2,(H2,10,11). The summed E-state index contributed by atoms with van der Waals surface area (Å²) in [6.45, 7) is 0. The predicted octanol–water partition coefficient (Wildman–Crippen LogP) is 0.802. The Kier molecular flexibility index (Phi) is 2.48. The number of nitrogens with zero attached hydrogens (tertiary/aromatic N) is 1. The van der Waals surface area contributed by atoms with E-state index in [9.17, 15) is 4.79 Å². The van der Waals surface area contributed by atoms with Gasteiger partial charge < -0.3 is 5.73 Å². The van der Waals surface area contributed by atoms with E-state index in [-0.39, 0.29) is 17.7 Å². The number of nitriles is 1. The Hall–Kier alpha value is -1.04. The molecule has 1 aliphatic carbocycles. The average molecular weight is 152 g/mol. The van der Waals surface area contributed by atoms with Crippen molar-refractivity contribution >= 4 is 5.91 Å². The van der Waals surface area contributed by atoms with Gasteiger partial charge in [-0.2, -0.15) is 5.26 Å². The smallest absolute Gasteiger partial charge is 0.220 e. The highest BCUT2D eigenvalue weighted by Crippen LogP contribution is 2.27. The Bertz CT molecular complexity index is 187. The minimum absolute atomic E-state index is 0.0274. The van der Waals surface area contributed by atoms with Crippen molar-refractivity contribution in [3.63, 3.8) is 0 Å². The Morgan fingerprint density at radius 2 is 1.91 bits per heavy atom. The number of hydrogen-bond acceptors (Lipinski definition) is 2. The largest absolute Gasteiger partial charge is 0.369 e. The zero-order valence-corrected chi connectivity index (χ0v) is 6.42. The minimum atomic E-state index is -0.207. The second kappa shape index (κ2) is 3.38. The zero-order valence-electron chi connectivity index (χ0n) is 6.42. The van der Waals surface area contributed by atoms with Crippen molar-refractivity contribution in [2.24, 2.45) is 17.6 Å². The van der Waals surface area contributed by atoms with Crippen LogP contribution in [-0.2, 0) is 4.79 Å². The number of hydrogen-bond donors (Lipinski definition) is 1. The summed E-state index contributed by atoms with van der Waals surface area (Å²) in [5.74, 6) is -0.0217. The summed E-state index contributed by atoms with van der Waals surface area (Å²) in [6, 6.07) is 2.21. The van der Waals surface area contributed by atoms with Gasteiger partial charge in [0, 0.05) is 11.8 Å². The lowest BCUT2D eigenvalue weighted by atomic mass is 9.82. The lowest BCUT2D eigenvalue weighted by Crippen LogP contribution is -2.27. The van der Waals surface area contributed by atoms with E-state index < -0.39 is 0 Å². The molecule has 3 heteroatoms. The third-order valence-electron chi connectivity index (χ3n) is 2.31. The van der Waals surface area contributed by atoms with Gasteiger partial charge in [-0.1, -0.05) is 0 Å². The van der Waals surface area contributed by atoms with E-state index in [0.29, 0.717) is 0 Å². The summed E-state index contributed by atoms with van der Waals surface area (Å²) < 4.78 is 0. The highest BCUT2D eigenvalue weighted by Gasteiger charge is 2.23. The van der Waals surface area contributed by atoms with Gasteiger partial charge in [-0.3, -0.25) is 4.79 Å². The van der Waals surface area contributed by atoms with E-state index in [4.69, 9.17) is 11.0 Å². The normalized spacial score (nSPS) is 30.8. The summed E-state index contributed by atoms with van der Waals surface area (Å²) in [4.78, 5) is 10.7. The molecule has 2 N–H and O–H groups in total. The lowest BCUT2D eigenvalue weighted by Gasteiger charge is -2.21. The van der Waals surface area contributed by atoms with Crippen molar-refractivity contribution in [2.45, 2.75) is 25.7 Å². The molecule has 0 spiro atoms. The van der Waals surface area contributed by atoms with Gasteiger partial charge in [0.2, 0.25) is 5.91 Å². The minimum Gasteiger partial charge on any atom is -0.369 e. The molecule has 1 aliphatic rings. The topological polar surface area (TPSA) is 66.9 Å². The monoisotopic (exact) mass is 152 g/mol. The van der Waals surface area contributed by atoms with Crippen LogP contribution >= 0.6 is 0 Å². The molecule has 3 nitrogen and oxygen atoms in total. The quantitative estimate of drug-likeness (QED) is 0.604. The highest BCUT2D eigenvalue weighted by molar-refractivity contribution is 5.76. The van der Waals surface area contributed by atoms with Gasteiger partial charge in [0.1, 0.15) is 0 Å². The first-order valence-corrected chi connectivity index (χ1v) is 3.93. The Morgan fingerprint density at radius 3 is 2.27 bits per heavy atom. The first kappa shape index (κ1) is 8.06. The van der Waals surface area contributed by atoms with Gasteiger partial charge in [-0.25, -0.2) is 0 Å². The summed E-state index contributed by atoms with van der Waals surface area (Å²) in [7, 11) is 0. The van der Waals surface area contributed by atoms with E-state index >= 15 is 0 Å². The summed E-state index contributed by atoms with van der Waals surface area (Å²) in [6.07, 6.45) is 3.27. The van der Waals surface area contributed by atoms with Crippen molar-refractivity contribution in [3.8, 4) is 6.07 Å². The molecule has 0 aromatic carbocycles. The number of amides is 1. The van der Waals surface area contributed by atoms with Gasteiger partial charge in [0.25, 0.3) is 0 Å². The molecule has 0 bridgehead atoms. The van der Waals surface area contributed by atoms with Gasteiger partial charge in [0.05, 0.1) is 6.07 Å². The molecule has 0 aliphatic heterocycles. The van der Waals surface area contributed by atoms with Gasteiger partial charge in [-0.15, -0.1) is 0 Å². The van der Waals surface area contributed by atoms with Crippen molar-refractivity contribution in [3.05, 3.63) is 0 Å². The molecule has 1 rings (SSSR count). The number of primary amides is 1. The fraction of sp³-hybridized carbons (Fsp3) is 0.750. The Labute approximate surface area is 66.2 Å². The number of carbonyl (C=O) groups excluding carboxylic acids is 1. The Morgan fingerprint density at radius 1 is 1.36 bits per heavy atom. The van der Waals surface area contributed by atoms with Crippen LogP contribution in [-0.4, -0.2) is 5.91 Å². The van der Waals surface area contributed by atoms with Gasteiger partial charge in [-0.05, 0) is 25.7 Å². The summed E-state index contributed by atoms with van der Waals surface area (Å²) in [5, 5.41) is 8.55. The Balaban J connectivity index is 2.37. The average Bonchev–Trinajstić information content (AvgIpc) is 2.05. The maximum absolute atomic E-state index is 10.7. The van der Waals surface area contributed by atoms with Crippen LogP contribution in [0.5, 0.6) is 0 Å². The number of nitrogens with two attached hydrogens (primary N) is 1. The van der Waals surface area contributed by atoms with Gasteiger partial charge in [0.15, 0.2) is 0 Å². The number of carbonyl (C=O) groups is 1. The lowest BCUT2D eigenvalue weighted by molar-refractivity contribution is -0.122. The molecular weight excluding hydrogens is 140 g/mol. The van der Waals surface area contributed by atoms with Crippen molar-refractivity contribution < 1.29 is 4.79 Å². The van der Waals surface area contributed by atoms with Crippen LogP contribution in [0.4, 0.5) is 0 Å². The summed E-state index contributed by atoms with van der Waals surface area (Å²) in [5.41, 5.74) is 5.13. The van der Waals surface area contributed by atoms with E-state index in [2.05, 4.69) is 6.07 Å². The maximum atomic E-state index is 10.7. The number of rotatable bonds is 1. The molecule has 0 aromatic heterocycles. The second-order valence-corrected chi connectivity index (χ2v) is 3.08. The SMILES string of the molecule is N#CC1CCC(C(N)=O)CC1. The van der Waals surface area contributed by atoms with Crippen molar-refractivity contribution in [1.82, 2.24) is 0 Å². The molecule has 0 unspecified atom stereocenters. The van der Waals surface area contributed by atoms with E-state index in [1.54, 1.807) is 0 Å². The third-order valence-corrected chi connectivity index (χ3v) is 2.31. The molecule has 0 aromatic rings. The van der Waals surface area contributed by atoms with Crippen LogP contribution in [0.15, 0.2) is 0 Å². The molecule has 0 radical (unpaired) electrons. The first-order valence-electron chi connectivity index (χ1n) is 3.93. The van der Waals surface area contributed by atoms with Crippen LogP contribution in [0.3, 0.4) is 0 Å². The molecule has 1 saturated carbocycles. The predicted molar refractivity (Wildman–Crippen MR) is 40.3 cm³/mol. The maximum Gasteiger partial charge on any atom is 0.220 e. The molecular formula is C8H12N2O. The van der Waals surface area contributed by atoms with Crippen LogP contribution < -0.4 is 5.73 Å². The fourth-order valence-corrected chi connectivity index (χ4v) is 1.51. The van der Waals surface area contributed by atoms with Crippen LogP contribution in [0.2, 0.25) is 0 Å². The summed E-state index contributed by atoms with van der Waals surface area (Å²) >= 11 is 0. The van der Waals surface area contributed by atoms with Crippen LogP contribution in [0.25, 0.3) is 0 Å². The van der Waals surface area contributed by atoms with Crippen molar-refractivity contribution in [2.75, 3.05) is 0 Å². The van der Waals surface area contributed by atoms with Gasteiger partial charge >= 0.3 is 0 Å². The van der Waals surface area contributed by atoms with Crippen LogP contribution in [0.1, 0.15) is 25.7 Å². The highest BCUT2D eigenvalue weighted by atomic mass is 16.1. The molecule has 1 amide bonds. The van der Waals surface area contributed by atoms with E-state index in [1.807, 2.05) is 0 Å². The van der Waals surface area contributed by atoms with E-state index in [1.165, 1.54) is 0 Å². The first-order chi connectivity index (χ1) is 5.24. The fourth-order valence-electron chi connectivity index (χ4n) is 1.51. The molecule has 0 atom stereocenters. The van der Waals surface area contributed by atoms with Crippen molar-refractivity contribution in [1.29, 1.82) is 5.26 Å². The van der Waals surface area contributed by atoms with E-state index in [0.717, 1.165) is 25.7 Å².